The van der Waals surface area contributed by atoms with Gasteiger partial charge in [-0.05, 0) is 62.1 Å². The highest BCUT2D eigenvalue weighted by Crippen LogP contribution is 2.34. The summed E-state index contributed by atoms with van der Waals surface area (Å²) in [5, 5.41) is 18.0. The van der Waals surface area contributed by atoms with Crippen LogP contribution in [-0.4, -0.2) is 66.5 Å². The van der Waals surface area contributed by atoms with Crippen LogP contribution in [0.2, 0.25) is 5.02 Å². The number of halogens is 1. The first-order valence-corrected chi connectivity index (χ1v) is 13.1. The van der Waals surface area contributed by atoms with E-state index in [-0.39, 0.29) is 5.91 Å². The number of hydrogen-bond donors (Lipinski definition) is 1. The molecule has 0 aliphatic carbocycles. The number of ether oxygens (including phenoxy) is 1. The Labute approximate surface area is 222 Å². The number of nitrogens with one attached hydrogen (secondary N) is 1. The van der Waals surface area contributed by atoms with Gasteiger partial charge < -0.3 is 15.0 Å². The molecule has 1 amide bonds. The van der Waals surface area contributed by atoms with Gasteiger partial charge in [-0.2, -0.15) is 10.4 Å². The predicted octanol–water partition coefficient (Wildman–Crippen LogP) is 4.51. The fourth-order valence-corrected chi connectivity index (χ4v) is 5.35. The van der Waals surface area contributed by atoms with Crippen LogP contribution in [-0.2, 0) is 4.74 Å². The third-order valence-electron chi connectivity index (χ3n) is 7.28. The van der Waals surface area contributed by atoms with E-state index in [1.807, 2.05) is 37.3 Å². The number of para-hydroxylation sites is 1. The van der Waals surface area contributed by atoms with Gasteiger partial charge in [0.15, 0.2) is 0 Å². The smallest absolute Gasteiger partial charge is 0.259 e. The van der Waals surface area contributed by atoms with E-state index in [0.29, 0.717) is 27.8 Å². The van der Waals surface area contributed by atoms with Gasteiger partial charge in [-0.1, -0.05) is 17.7 Å². The minimum absolute atomic E-state index is 0.253. The lowest BCUT2D eigenvalue weighted by Gasteiger charge is -2.38. The molecule has 0 unspecified atom stereocenters. The van der Waals surface area contributed by atoms with Crippen molar-refractivity contribution in [2.75, 3.05) is 56.2 Å². The molecule has 2 aromatic carbocycles. The number of hydrogen-bond acceptors (Lipinski definition) is 6. The van der Waals surface area contributed by atoms with Gasteiger partial charge in [-0.3, -0.25) is 9.69 Å². The maximum absolute atomic E-state index is 13.3. The Morgan fingerprint density at radius 1 is 1.14 bits per heavy atom. The van der Waals surface area contributed by atoms with Crippen LogP contribution < -0.4 is 10.2 Å². The summed E-state index contributed by atoms with van der Waals surface area (Å²) in [6, 6.07) is 15.1. The molecule has 2 aliphatic rings. The highest BCUT2D eigenvalue weighted by molar-refractivity contribution is 6.30. The molecule has 0 radical (unpaired) electrons. The van der Waals surface area contributed by atoms with E-state index in [4.69, 9.17) is 16.3 Å². The zero-order valence-corrected chi connectivity index (χ0v) is 21.7. The molecule has 1 N–H and O–H groups in total. The van der Waals surface area contributed by atoms with Crippen molar-refractivity contribution in [2.24, 2.45) is 5.92 Å². The molecule has 0 bridgehead atoms. The summed E-state index contributed by atoms with van der Waals surface area (Å²) in [4.78, 5) is 18.1. The second-order valence-corrected chi connectivity index (χ2v) is 10.1. The minimum atomic E-state index is -0.253. The number of carbonyl (C=O) groups is 1. The third-order valence-corrected chi connectivity index (χ3v) is 7.53. The summed E-state index contributed by atoms with van der Waals surface area (Å²) in [7, 11) is 0. The molecule has 3 aromatic rings. The summed E-state index contributed by atoms with van der Waals surface area (Å²) in [6.07, 6.45) is 3.68. The van der Waals surface area contributed by atoms with Crippen molar-refractivity contribution < 1.29 is 9.53 Å². The van der Waals surface area contributed by atoms with Crippen LogP contribution in [0.25, 0.3) is 5.69 Å². The first-order valence-electron chi connectivity index (χ1n) is 12.7. The molecule has 2 aliphatic heterocycles. The number of nitriles is 1. The van der Waals surface area contributed by atoms with Crippen molar-refractivity contribution in [3.63, 3.8) is 0 Å². The Morgan fingerprint density at radius 3 is 2.57 bits per heavy atom. The largest absolute Gasteiger partial charge is 0.379 e. The Balaban J connectivity index is 1.31. The van der Waals surface area contributed by atoms with Crippen LogP contribution in [0.5, 0.6) is 0 Å². The number of amides is 1. The molecule has 2 saturated heterocycles. The summed E-state index contributed by atoms with van der Waals surface area (Å²) in [5.74, 6) is 0.374. The van der Waals surface area contributed by atoms with Gasteiger partial charge in [-0.25, -0.2) is 4.68 Å². The fourth-order valence-electron chi connectivity index (χ4n) is 5.23. The predicted molar refractivity (Wildman–Crippen MR) is 145 cm³/mol. The first kappa shape index (κ1) is 25.3. The molecule has 2 fully saturated rings. The van der Waals surface area contributed by atoms with E-state index in [2.05, 4.69) is 26.3 Å². The zero-order valence-electron chi connectivity index (χ0n) is 21.0. The highest BCUT2D eigenvalue weighted by Gasteiger charge is 2.26. The molecule has 3 heterocycles. The topological polar surface area (TPSA) is 86.4 Å². The van der Waals surface area contributed by atoms with Crippen molar-refractivity contribution >= 4 is 28.9 Å². The van der Waals surface area contributed by atoms with Crippen LogP contribution in [0.3, 0.4) is 0 Å². The Hall–Kier alpha value is -3.38. The van der Waals surface area contributed by atoms with Crippen molar-refractivity contribution in [1.29, 1.82) is 5.26 Å². The Bertz CT molecular complexity index is 1280. The number of aromatic nitrogens is 2. The van der Waals surface area contributed by atoms with Gasteiger partial charge in [0.2, 0.25) is 0 Å². The SMILES string of the molecule is Cc1c(C(=O)Nc2cccc(C#N)c2N2CCC(CN3CCOCC3)CC2)cnn1-c1ccc(Cl)cc1. The summed E-state index contributed by atoms with van der Waals surface area (Å²) >= 11 is 6.01. The third kappa shape index (κ3) is 5.64. The number of anilines is 2. The van der Waals surface area contributed by atoms with E-state index >= 15 is 0 Å². The quantitative estimate of drug-likeness (QED) is 0.517. The Morgan fingerprint density at radius 2 is 1.86 bits per heavy atom. The lowest BCUT2D eigenvalue weighted by atomic mass is 9.95. The summed E-state index contributed by atoms with van der Waals surface area (Å²) in [6.45, 7) is 8.29. The first-order chi connectivity index (χ1) is 18.0. The molecule has 37 heavy (non-hydrogen) atoms. The van der Waals surface area contributed by atoms with Crippen LogP contribution >= 0.6 is 11.6 Å². The fraction of sp³-hybridized carbons (Fsp3) is 0.393. The second-order valence-electron chi connectivity index (χ2n) is 9.64. The lowest BCUT2D eigenvalue weighted by Crippen LogP contribution is -2.43. The second kappa shape index (κ2) is 11.3. The average Bonchev–Trinajstić information content (AvgIpc) is 3.31. The van der Waals surface area contributed by atoms with Gasteiger partial charge >= 0.3 is 0 Å². The van der Waals surface area contributed by atoms with E-state index in [9.17, 15) is 10.1 Å². The van der Waals surface area contributed by atoms with Gasteiger partial charge in [0.1, 0.15) is 6.07 Å². The zero-order chi connectivity index (χ0) is 25.8. The van der Waals surface area contributed by atoms with Crippen molar-refractivity contribution in [3.05, 3.63) is 70.5 Å². The number of carbonyl (C=O) groups excluding carboxylic acids is 1. The minimum Gasteiger partial charge on any atom is -0.379 e. The van der Waals surface area contributed by atoms with Gasteiger partial charge in [0, 0.05) is 37.7 Å². The molecule has 0 spiro atoms. The Kier molecular flexibility index (Phi) is 7.75. The molecule has 5 rings (SSSR count). The number of rotatable bonds is 6. The molecule has 192 valence electrons. The lowest BCUT2D eigenvalue weighted by molar-refractivity contribution is 0.0289. The molecular formula is C28H31ClN6O2. The molecule has 8 nitrogen and oxygen atoms in total. The summed E-state index contributed by atoms with van der Waals surface area (Å²) < 4.78 is 7.20. The van der Waals surface area contributed by atoms with E-state index in [1.54, 1.807) is 23.0 Å². The maximum atomic E-state index is 13.3. The van der Waals surface area contributed by atoms with Crippen molar-refractivity contribution in [2.45, 2.75) is 19.8 Å². The molecule has 1 aromatic heterocycles. The van der Waals surface area contributed by atoms with E-state index in [1.165, 1.54) is 0 Å². The van der Waals surface area contributed by atoms with Crippen molar-refractivity contribution in [3.8, 4) is 11.8 Å². The van der Waals surface area contributed by atoms with Crippen LogP contribution in [0.1, 0.15) is 34.5 Å². The molecule has 9 heteroatoms. The average molecular weight is 519 g/mol. The molecule has 0 atom stereocenters. The number of piperidine rings is 1. The van der Waals surface area contributed by atoms with E-state index in [0.717, 1.165) is 75.8 Å². The highest BCUT2D eigenvalue weighted by atomic mass is 35.5. The molecule has 0 saturated carbocycles. The summed E-state index contributed by atoms with van der Waals surface area (Å²) in [5.41, 5.74) is 4.04. The van der Waals surface area contributed by atoms with Crippen LogP contribution in [0.15, 0.2) is 48.7 Å². The number of nitrogens with zero attached hydrogens (tertiary/aromatic N) is 5. The maximum Gasteiger partial charge on any atom is 0.259 e. The van der Waals surface area contributed by atoms with Gasteiger partial charge in [-0.15, -0.1) is 0 Å². The van der Waals surface area contributed by atoms with Crippen LogP contribution in [0, 0.1) is 24.2 Å². The number of benzene rings is 2. The molecular weight excluding hydrogens is 488 g/mol. The van der Waals surface area contributed by atoms with Crippen LogP contribution in [0.4, 0.5) is 11.4 Å². The monoisotopic (exact) mass is 518 g/mol. The van der Waals surface area contributed by atoms with Gasteiger partial charge in [0.05, 0.1) is 53.3 Å². The van der Waals surface area contributed by atoms with Crippen molar-refractivity contribution in [1.82, 2.24) is 14.7 Å². The van der Waals surface area contributed by atoms with Gasteiger partial charge in [0.25, 0.3) is 5.91 Å². The number of morpholine rings is 1. The standard InChI is InChI=1S/C28H31ClN6O2/c1-20-25(18-31-35(20)24-7-5-23(29)6-8-24)28(36)32-26-4-2-3-22(17-30)27(26)34-11-9-21(10-12-34)19-33-13-15-37-16-14-33/h2-8,18,21H,9-16,19H2,1H3,(H,32,36). The normalized spacial score (nSPS) is 16.9. The van der Waals surface area contributed by atoms with E-state index < -0.39 is 0 Å².